The quantitative estimate of drug-likeness (QED) is 0.615. The summed E-state index contributed by atoms with van der Waals surface area (Å²) in [4.78, 5) is 25.6. The first-order chi connectivity index (χ1) is 10.9. The van der Waals surface area contributed by atoms with Crippen molar-refractivity contribution < 1.29 is 9.59 Å². The van der Waals surface area contributed by atoms with Crippen molar-refractivity contribution in [2.45, 2.75) is 20.8 Å². The Morgan fingerprint density at radius 3 is 2.43 bits per heavy atom. The molecule has 1 aliphatic rings. The van der Waals surface area contributed by atoms with E-state index in [0.29, 0.717) is 16.8 Å². The minimum Gasteiger partial charge on any atom is -0.306 e. The van der Waals surface area contributed by atoms with Crippen LogP contribution >= 0.6 is 0 Å². The van der Waals surface area contributed by atoms with E-state index in [2.05, 4.69) is 0 Å². The number of hydrogen-bond acceptors (Lipinski definition) is 2. The Kier molecular flexibility index (Phi) is 2.68. The maximum absolute atomic E-state index is 13.1. The molecule has 0 aliphatic heterocycles. The van der Waals surface area contributed by atoms with Crippen molar-refractivity contribution in [1.82, 2.24) is 4.40 Å². The van der Waals surface area contributed by atoms with E-state index in [0.717, 1.165) is 16.4 Å². The fourth-order valence-corrected chi connectivity index (χ4v) is 3.29. The lowest BCUT2D eigenvalue weighted by Crippen LogP contribution is -2.25. The van der Waals surface area contributed by atoms with Gasteiger partial charge in [0, 0.05) is 11.1 Å². The molecule has 3 heteroatoms. The number of aromatic nitrogens is 1. The number of benzene rings is 1. The van der Waals surface area contributed by atoms with E-state index in [4.69, 9.17) is 0 Å². The second-order valence-corrected chi connectivity index (χ2v) is 7.06. The molecular weight excluding hydrogens is 286 g/mol. The summed E-state index contributed by atoms with van der Waals surface area (Å²) in [7, 11) is 0. The molecule has 0 saturated heterocycles. The number of pyridine rings is 1. The highest BCUT2D eigenvalue weighted by molar-refractivity contribution is 6.25. The van der Waals surface area contributed by atoms with Gasteiger partial charge in [-0.2, -0.15) is 0 Å². The van der Waals surface area contributed by atoms with E-state index >= 15 is 0 Å². The molecule has 1 aliphatic carbocycles. The molecule has 1 aromatic carbocycles. The Morgan fingerprint density at radius 2 is 1.70 bits per heavy atom. The summed E-state index contributed by atoms with van der Waals surface area (Å²) in [6.45, 7) is 5.88. The highest BCUT2D eigenvalue weighted by atomic mass is 16.1. The number of hydrogen-bond donors (Lipinski definition) is 0. The van der Waals surface area contributed by atoms with Gasteiger partial charge in [0.1, 0.15) is 5.69 Å². The zero-order valence-electron chi connectivity index (χ0n) is 13.4. The van der Waals surface area contributed by atoms with Gasteiger partial charge in [-0.3, -0.25) is 9.59 Å². The molecule has 4 rings (SSSR count). The molecule has 114 valence electrons. The predicted molar refractivity (Wildman–Crippen MR) is 91.1 cm³/mol. The van der Waals surface area contributed by atoms with Gasteiger partial charge in [0.15, 0.2) is 5.78 Å². The molecule has 0 spiro atoms. The van der Waals surface area contributed by atoms with Crippen molar-refractivity contribution in [2.75, 3.05) is 0 Å². The number of Topliss-reactive ketones (excluding diaryl/α,β-unsaturated/α-hetero) is 1. The SMILES string of the molecule is CC(C)(C)C1=CC(=O)c2cc3ccc4ccccc4n3c2C1=O. The third-order valence-electron chi connectivity index (χ3n) is 4.45. The van der Waals surface area contributed by atoms with E-state index in [-0.39, 0.29) is 17.0 Å². The number of allylic oxidation sites excluding steroid dienone is 2. The van der Waals surface area contributed by atoms with Crippen molar-refractivity contribution in [1.29, 1.82) is 0 Å². The Bertz CT molecular complexity index is 1030. The molecule has 0 fully saturated rings. The molecule has 0 bridgehead atoms. The Balaban J connectivity index is 2.13. The van der Waals surface area contributed by atoms with Crippen molar-refractivity contribution in [2.24, 2.45) is 5.41 Å². The van der Waals surface area contributed by atoms with Crippen LogP contribution in [0.4, 0.5) is 0 Å². The number of nitrogens with zero attached hydrogens (tertiary/aromatic N) is 1. The van der Waals surface area contributed by atoms with Crippen molar-refractivity contribution in [3.63, 3.8) is 0 Å². The molecule has 3 nitrogen and oxygen atoms in total. The van der Waals surface area contributed by atoms with Crippen LogP contribution in [0, 0.1) is 5.41 Å². The molecule has 2 heterocycles. The monoisotopic (exact) mass is 303 g/mol. The lowest BCUT2D eigenvalue weighted by Gasteiger charge is -2.24. The van der Waals surface area contributed by atoms with Crippen LogP contribution in [0.1, 0.15) is 41.6 Å². The summed E-state index contributed by atoms with van der Waals surface area (Å²) in [5.74, 6) is -0.138. The van der Waals surface area contributed by atoms with Crippen molar-refractivity contribution in [3.05, 3.63) is 65.4 Å². The third-order valence-corrected chi connectivity index (χ3v) is 4.45. The first kappa shape index (κ1) is 13.9. The second-order valence-electron chi connectivity index (χ2n) is 7.06. The van der Waals surface area contributed by atoms with E-state index in [1.165, 1.54) is 6.08 Å². The third kappa shape index (κ3) is 1.89. The largest absolute Gasteiger partial charge is 0.306 e. The van der Waals surface area contributed by atoms with E-state index in [1.54, 1.807) is 0 Å². The fraction of sp³-hybridized carbons (Fsp3) is 0.200. The average Bonchev–Trinajstić information content (AvgIpc) is 2.90. The van der Waals surface area contributed by atoms with Crippen LogP contribution in [-0.4, -0.2) is 16.0 Å². The maximum atomic E-state index is 13.1. The number of rotatable bonds is 0. The van der Waals surface area contributed by atoms with Crippen LogP contribution in [0.3, 0.4) is 0 Å². The van der Waals surface area contributed by atoms with E-state index < -0.39 is 0 Å². The molecule has 3 aromatic rings. The van der Waals surface area contributed by atoms with Gasteiger partial charge in [0.2, 0.25) is 5.78 Å². The molecule has 0 atom stereocenters. The summed E-state index contributed by atoms with van der Waals surface area (Å²) >= 11 is 0. The maximum Gasteiger partial charge on any atom is 0.207 e. The number of para-hydroxylation sites is 1. The first-order valence-corrected chi connectivity index (χ1v) is 7.72. The highest BCUT2D eigenvalue weighted by Gasteiger charge is 2.34. The number of carbonyl (C=O) groups excluding carboxylic acids is 2. The molecule has 0 saturated carbocycles. The molecular formula is C20H17NO2. The fourth-order valence-electron chi connectivity index (χ4n) is 3.29. The summed E-state index contributed by atoms with van der Waals surface area (Å²) in [5.41, 5.74) is 3.03. The number of carbonyl (C=O) groups is 2. The molecule has 0 radical (unpaired) electrons. The van der Waals surface area contributed by atoms with Crippen LogP contribution in [-0.2, 0) is 0 Å². The standard InChI is InChI=1S/C20H17NO2/c1-20(2,3)15-11-17(22)14-10-13-9-8-12-6-4-5-7-16(12)21(13)18(14)19(15)23/h4-11H,1-3H3. The summed E-state index contributed by atoms with van der Waals surface area (Å²) in [6, 6.07) is 13.7. The first-order valence-electron chi connectivity index (χ1n) is 7.72. The van der Waals surface area contributed by atoms with Crippen LogP contribution in [0.15, 0.2) is 54.1 Å². The van der Waals surface area contributed by atoms with Gasteiger partial charge < -0.3 is 4.40 Å². The second kappa shape index (κ2) is 4.42. The van der Waals surface area contributed by atoms with Crippen LogP contribution < -0.4 is 0 Å². The Hall–Kier alpha value is -2.68. The van der Waals surface area contributed by atoms with Gasteiger partial charge in [0.05, 0.1) is 11.1 Å². The van der Waals surface area contributed by atoms with Gasteiger partial charge in [-0.1, -0.05) is 45.0 Å². The lowest BCUT2D eigenvalue weighted by atomic mass is 9.79. The molecule has 2 aromatic heterocycles. The van der Waals surface area contributed by atoms with Gasteiger partial charge >= 0.3 is 0 Å². The number of fused-ring (bicyclic) bond motifs is 5. The topological polar surface area (TPSA) is 38.5 Å². The zero-order chi connectivity index (χ0) is 16.4. The lowest BCUT2D eigenvalue weighted by molar-refractivity contribution is 0.0963. The molecule has 0 amide bonds. The molecule has 0 unspecified atom stereocenters. The number of ketones is 2. The minimum atomic E-state index is -0.362. The predicted octanol–water partition coefficient (Wildman–Crippen LogP) is 4.44. The van der Waals surface area contributed by atoms with E-state index in [9.17, 15) is 9.59 Å². The van der Waals surface area contributed by atoms with E-state index in [1.807, 2.05) is 67.6 Å². The summed E-state index contributed by atoms with van der Waals surface area (Å²) in [5, 5.41) is 1.05. The summed E-state index contributed by atoms with van der Waals surface area (Å²) < 4.78 is 1.92. The highest BCUT2D eigenvalue weighted by Crippen LogP contribution is 2.35. The molecule has 0 N–H and O–H groups in total. The van der Waals surface area contributed by atoms with Crippen LogP contribution in [0.25, 0.3) is 16.4 Å². The van der Waals surface area contributed by atoms with Gasteiger partial charge in [0.25, 0.3) is 0 Å². The zero-order valence-corrected chi connectivity index (χ0v) is 13.4. The van der Waals surface area contributed by atoms with Crippen LogP contribution in [0.5, 0.6) is 0 Å². The van der Waals surface area contributed by atoms with Crippen molar-refractivity contribution in [3.8, 4) is 0 Å². The van der Waals surface area contributed by atoms with Gasteiger partial charge in [-0.25, -0.2) is 0 Å². The Labute approximate surface area is 134 Å². The summed E-state index contributed by atoms with van der Waals surface area (Å²) in [6.07, 6.45) is 1.51. The van der Waals surface area contributed by atoms with Crippen molar-refractivity contribution >= 4 is 28.0 Å². The minimum absolute atomic E-state index is 0.0524. The van der Waals surface area contributed by atoms with Gasteiger partial charge in [-0.05, 0) is 35.1 Å². The Morgan fingerprint density at radius 1 is 0.957 bits per heavy atom. The van der Waals surface area contributed by atoms with Gasteiger partial charge in [-0.15, -0.1) is 0 Å². The average molecular weight is 303 g/mol. The van der Waals surface area contributed by atoms with Crippen LogP contribution in [0.2, 0.25) is 0 Å². The molecule has 23 heavy (non-hydrogen) atoms. The smallest absolute Gasteiger partial charge is 0.207 e. The normalized spacial score (nSPS) is 15.2.